The van der Waals surface area contributed by atoms with Gasteiger partial charge in [-0.25, -0.2) is 4.39 Å². The number of Topliss-reactive ketones (excluding diaryl/α,β-unsaturated/α-hetero) is 1. The number of benzene rings is 3. The summed E-state index contributed by atoms with van der Waals surface area (Å²) in [6, 6.07) is 14.8. The van der Waals surface area contributed by atoms with E-state index in [1.807, 2.05) is 0 Å². The molecule has 1 unspecified atom stereocenters. The van der Waals surface area contributed by atoms with Gasteiger partial charge in [0, 0.05) is 33.9 Å². The van der Waals surface area contributed by atoms with Crippen LogP contribution < -0.4 is 16.0 Å². The van der Waals surface area contributed by atoms with Gasteiger partial charge < -0.3 is 16.0 Å². The van der Waals surface area contributed by atoms with Crippen molar-refractivity contribution in [2.45, 2.75) is 57.5 Å². The van der Waals surface area contributed by atoms with Crippen molar-refractivity contribution < 1.29 is 18.8 Å². The van der Waals surface area contributed by atoms with Gasteiger partial charge in [0.2, 0.25) is 11.8 Å². The molecule has 3 N–H and O–H groups in total. The quantitative estimate of drug-likeness (QED) is 0.292. The Labute approximate surface area is 242 Å². The van der Waals surface area contributed by atoms with Crippen LogP contribution in [0.25, 0.3) is 0 Å². The SMILES string of the molecule is CC(=O)c1ccc(NC(=O)[C@@H]2NC(CC(C)(C)C)[C@@]3(C(=O)Nc4cc(Cl)ccc43)[C@H]2c2cccc(Cl)c2F)cc1. The zero-order valence-electron chi connectivity index (χ0n) is 22.6. The van der Waals surface area contributed by atoms with E-state index in [0.717, 1.165) is 0 Å². The number of hydrogen-bond donors (Lipinski definition) is 3. The highest BCUT2D eigenvalue weighted by Crippen LogP contribution is 2.57. The molecule has 2 heterocycles. The molecule has 0 aliphatic carbocycles. The molecule has 0 saturated carbocycles. The zero-order valence-corrected chi connectivity index (χ0v) is 24.1. The molecule has 5 rings (SSSR count). The van der Waals surface area contributed by atoms with Crippen molar-refractivity contribution in [1.82, 2.24) is 5.32 Å². The van der Waals surface area contributed by atoms with Gasteiger partial charge in [0.15, 0.2) is 5.78 Å². The van der Waals surface area contributed by atoms with E-state index >= 15 is 4.39 Å². The third kappa shape index (κ3) is 4.80. The topological polar surface area (TPSA) is 87.3 Å². The Morgan fingerprint density at radius 1 is 1.05 bits per heavy atom. The Hall–Kier alpha value is -3.26. The summed E-state index contributed by atoms with van der Waals surface area (Å²) in [7, 11) is 0. The molecule has 2 aliphatic heterocycles. The first kappa shape index (κ1) is 28.3. The summed E-state index contributed by atoms with van der Waals surface area (Å²) in [6.45, 7) is 7.62. The van der Waals surface area contributed by atoms with Crippen LogP contribution in [0, 0.1) is 11.2 Å². The fourth-order valence-corrected chi connectivity index (χ4v) is 6.51. The molecule has 2 aliphatic rings. The lowest BCUT2D eigenvalue weighted by molar-refractivity contribution is -0.122. The molecule has 1 spiro atoms. The van der Waals surface area contributed by atoms with Crippen molar-refractivity contribution in [3.8, 4) is 0 Å². The summed E-state index contributed by atoms with van der Waals surface area (Å²) in [5.74, 6) is -2.49. The fourth-order valence-electron chi connectivity index (χ4n) is 6.16. The fraction of sp³-hybridized carbons (Fsp3) is 0.323. The smallest absolute Gasteiger partial charge is 0.242 e. The van der Waals surface area contributed by atoms with E-state index < -0.39 is 35.1 Å². The van der Waals surface area contributed by atoms with Gasteiger partial charge in [0.25, 0.3) is 0 Å². The molecule has 9 heteroatoms. The summed E-state index contributed by atoms with van der Waals surface area (Å²) in [5, 5.41) is 9.66. The van der Waals surface area contributed by atoms with Crippen molar-refractivity contribution in [1.29, 1.82) is 0 Å². The predicted molar refractivity (Wildman–Crippen MR) is 156 cm³/mol. The van der Waals surface area contributed by atoms with Gasteiger partial charge in [-0.05, 0) is 72.4 Å². The number of amides is 2. The number of fused-ring (bicyclic) bond motifs is 2. The third-order valence-electron chi connectivity index (χ3n) is 7.78. The van der Waals surface area contributed by atoms with Crippen molar-refractivity contribution >= 4 is 52.2 Å². The molecular weight excluding hydrogens is 552 g/mol. The summed E-state index contributed by atoms with van der Waals surface area (Å²) in [5.41, 5.74) is 0.753. The summed E-state index contributed by atoms with van der Waals surface area (Å²) < 4.78 is 15.8. The lowest BCUT2D eigenvalue weighted by Crippen LogP contribution is -2.49. The molecule has 0 aromatic heterocycles. The highest BCUT2D eigenvalue weighted by atomic mass is 35.5. The second-order valence-corrected chi connectivity index (χ2v) is 12.6. The minimum Gasteiger partial charge on any atom is -0.325 e. The molecule has 40 heavy (non-hydrogen) atoms. The number of nitrogens with one attached hydrogen (secondary N) is 3. The number of hydrogen-bond acceptors (Lipinski definition) is 4. The second kappa shape index (κ2) is 10.3. The van der Waals surface area contributed by atoms with Crippen LogP contribution in [0.3, 0.4) is 0 Å². The van der Waals surface area contributed by atoms with Gasteiger partial charge in [-0.15, -0.1) is 0 Å². The van der Waals surface area contributed by atoms with Crippen molar-refractivity contribution in [3.63, 3.8) is 0 Å². The second-order valence-electron chi connectivity index (χ2n) is 11.7. The summed E-state index contributed by atoms with van der Waals surface area (Å²) in [6.07, 6.45) is 0.512. The number of halogens is 3. The maximum absolute atomic E-state index is 15.8. The van der Waals surface area contributed by atoms with Crippen LogP contribution in [-0.2, 0) is 15.0 Å². The number of anilines is 2. The molecule has 1 fully saturated rings. The molecule has 2 amide bonds. The van der Waals surface area contributed by atoms with Gasteiger partial charge in [0.1, 0.15) is 11.2 Å². The molecular formula is C31H30Cl2FN3O3. The average Bonchev–Trinajstić information content (AvgIpc) is 3.35. The van der Waals surface area contributed by atoms with Gasteiger partial charge in [-0.1, -0.05) is 62.2 Å². The van der Waals surface area contributed by atoms with Crippen LogP contribution >= 0.6 is 23.2 Å². The molecule has 0 bridgehead atoms. The highest BCUT2D eigenvalue weighted by molar-refractivity contribution is 6.31. The molecule has 1 saturated heterocycles. The molecule has 208 valence electrons. The van der Waals surface area contributed by atoms with Gasteiger partial charge in [-0.2, -0.15) is 0 Å². The normalized spacial score (nSPS) is 23.7. The van der Waals surface area contributed by atoms with Crippen LogP contribution in [0.15, 0.2) is 60.7 Å². The van der Waals surface area contributed by atoms with E-state index in [0.29, 0.717) is 33.9 Å². The first-order valence-electron chi connectivity index (χ1n) is 13.1. The predicted octanol–water partition coefficient (Wildman–Crippen LogP) is 6.72. The van der Waals surface area contributed by atoms with Crippen molar-refractivity contribution in [3.05, 3.63) is 93.2 Å². The number of carbonyl (C=O) groups excluding carboxylic acids is 3. The lowest BCUT2D eigenvalue weighted by Gasteiger charge is -2.37. The monoisotopic (exact) mass is 581 g/mol. The van der Waals surface area contributed by atoms with Crippen LogP contribution in [0.5, 0.6) is 0 Å². The Bertz CT molecular complexity index is 1520. The van der Waals surface area contributed by atoms with Gasteiger partial charge in [0.05, 0.1) is 11.1 Å². The molecule has 3 aromatic carbocycles. The summed E-state index contributed by atoms with van der Waals surface area (Å²) in [4.78, 5) is 39.8. The minimum absolute atomic E-state index is 0.0928. The first-order chi connectivity index (χ1) is 18.8. The standard InChI is InChI=1S/C31H30Cl2FN3O3/c1-16(38)17-8-11-19(12-9-17)35-28(39)27-25(20-6-5-7-22(33)26(20)34)31(24(37-27)15-30(2,3)4)21-13-10-18(32)14-23(21)36-29(31)40/h5-14,24-25,27,37H,15H2,1-4H3,(H,35,39)(H,36,40)/t24?,25-,27+,31+/m0/s1. The van der Waals surface area contributed by atoms with E-state index in [1.54, 1.807) is 54.6 Å². The minimum atomic E-state index is -1.33. The Kier molecular flexibility index (Phi) is 7.27. The zero-order chi connectivity index (χ0) is 29.0. The number of carbonyl (C=O) groups is 3. The molecule has 4 atom stereocenters. The lowest BCUT2D eigenvalue weighted by atomic mass is 9.62. The van der Waals surface area contributed by atoms with Crippen LogP contribution in [-0.4, -0.2) is 29.7 Å². The Morgan fingerprint density at radius 3 is 2.40 bits per heavy atom. The Morgan fingerprint density at radius 2 is 1.75 bits per heavy atom. The Balaban J connectivity index is 1.69. The maximum atomic E-state index is 15.8. The first-order valence-corrected chi connectivity index (χ1v) is 13.8. The molecule has 6 nitrogen and oxygen atoms in total. The van der Waals surface area contributed by atoms with Crippen LogP contribution in [0.1, 0.15) is 61.5 Å². The van der Waals surface area contributed by atoms with E-state index in [-0.39, 0.29) is 27.7 Å². The van der Waals surface area contributed by atoms with E-state index in [2.05, 4.69) is 36.7 Å². The number of ketones is 1. The number of rotatable bonds is 5. The molecule has 3 aromatic rings. The van der Waals surface area contributed by atoms with E-state index in [4.69, 9.17) is 23.2 Å². The highest BCUT2D eigenvalue weighted by Gasteiger charge is 2.66. The maximum Gasteiger partial charge on any atom is 0.242 e. The van der Waals surface area contributed by atoms with Gasteiger partial charge in [-0.3, -0.25) is 14.4 Å². The largest absolute Gasteiger partial charge is 0.325 e. The van der Waals surface area contributed by atoms with Crippen LogP contribution in [0.4, 0.5) is 15.8 Å². The van der Waals surface area contributed by atoms with E-state index in [1.165, 1.54) is 13.0 Å². The molecule has 0 radical (unpaired) electrons. The average molecular weight is 583 g/mol. The van der Waals surface area contributed by atoms with Crippen LogP contribution in [0.2, 0.25) is 10.0 Å². The third-order valence-corrected chi connectivity index (χ3v) is 8.31. The summed E-state index contributed by atoms with van der Waals surface area (Å²) >= 11 is 12.5. The van der Waals surface area contributed by atoms with E-state index in [9.17, 15) is 14.4 Å². The van der Waals surface area contributed by atoms with Crippen molar-refractivity contribution in [2.75, 3.05) is 10.6 Å². The van der Waals surface area contributed by atoms with Crippen molar-refractivity contribution in [2.24, 2.45) is 5.41 Å². The van der Waals surface area contributed by atoms with Gasteiger partial charge >= 0.3 is 0 Å².